The van der Waals surface area contributed by atoms with E-state index in [2.05, 4.69) is 5.32 Å². The molecule has 0 aromatic heterocycles. The van der Waals surface area contributed by atoms with E-state index in [0.717, 1.165) is 23.4 Å². The molecule has 0 bridgehead atoms. The fraction of sp³-hybridized carbons (Fsp3) is 0.440. The van der Waals surface area contributed by atoms with E-state index in [1.54, 1.807) is 49.4 Å². The molecular weight excluding hydrogens is 509 g/mol. The maximum Gasteiger partial charge on any atom is 0.244 e. The molecule has 35 heavy (non-hydrogen) atoms. The largest absolute Gasteiger partial charge is 0.354 e. The summed E-state index contributed by atoms with van der Waals surface area (Å²) in [4.78, 5) is 28.1. The highest BCUT2D eigenvalue weighted by Crippen LogP contribution is 2.26. The lowest BCUT2D eigenvalue weighted by Gasteiger charge is -2.33. The molecule has 1 N–H and O–H groups in total. The number of nitrogens with one attached hydrogen (secondary N) is 1. The maximum atomic E-state index is 13.7. The number of para-hydroxylation sites is 1. The standard InChI is InChI=1S/C25H33Cl2N3O4S/c1-5-7-14-28-25(32)22(6-2)29(16-19-12-13-20(26)15-21(19)27)24(31)17-30(35(4,33)34)23-11-9-8-10-18(23)3/h8-13,15,22H,5-7,14,16-17H2,1-4H3,(H,28,32)/t22-/m0/s1. The Morgan fingerprint density at radius 1 is 1.09 bits per heavy atom. The molecule has 0 aliphatic heterocycles. The molecule has 2 aromatic carbocycles. The average molecular weight is 543 g/mol. The zero-order valence-corrected chi connectivity index (χ0v) is 22.9. The van der Waals surface area contributed by atoms with Gasteiger partial charge >= 0.3 is 0 Å². The number of amides is 2. The Balaban J connectivity index is 2.45. The van der Waals surface area contributed by atoms with Gasteiger partial charge in [0.1, 0.15) is 12.6 Å². The summed E-state index contributed by atoms with van der Waals surface area (Å²) in [5.41, 5.74) is 1.72. The van der Waals surface area contributed by atoms with Crippen LogP contribution in [0.4, 0.5) is 5.69 Å². The van der Waals surface area contributed by atoms with Crippen LogP contribution >= 0.6 is 23.2 Å². The number of carbonyl (C=O) groups is 2. The Bertz CT molecular complexity index is 1140. The van der Waals surface area contributed by atoms with Crippen molar-refractivity contribution in [3.05, 3.63) is 63.6 Å². The summed E-state index contributed by atoms with van der Waals surface area (Å²) in [7, 11) is -3.78. The zero-order valence-electron chi connectivity index (χ0n) is 20.6. The monoisotopic (exact) mass is 541 g/mol. The van der Waals surface area contributed by atoms with Gasteiger partial charge in [0.05, 0.1) is 11.9 Å². The molecule has 0 unspecified atom stereocenters. The van der Waals surface area contributed by atoms with E-state index in [4.69, 9.17) is 23.2 Å². The van der Waals surface area contributed by atoms with Crippen molar-refractivity contribution in [3.8, 4) is 0 Å². The predicted molar refractivity (Wildman–Crippen MR) is 142 cm³/mol. The van der Waals surface area contributed by atoms with Gasteiger partial charge in [-0.1, -0.05) is 67.7 Å². The second kappa shape index (κ2) is 13.1. The summed E-state index contributed by atoms with van der Waals surface area (Å²) >= 11 is 12.4. The molecular formula is C25H33Cl2N3O4S. The van der Waals surface area contributed by atoms with Gasteiger partial charge in [-0.25, -0.2) is 8.42 Å². The van der Waals surface area contributed by atoms with Gasteiger partial charge in [-0.2, -0.15) is 0 Å². The number of anilines is 1. The number of nitrogens with zero attached hydrogens (tertiary/aromatic N) is 2. The van der Waals surface area contributed by atoms with E-state index in [9.17, 15) is 18.0 Å². The van der Waals surface area contributed by atoms with Gasteiger partial charge < -0.3 is 10.2 Å². The summed E-state index contributed by atoms with van der Waals surface area (Å²) < 4.78 is 26.4. The average Bonchev–Trinajstić information content (AvgIpc) is 2.78. The van der Waals surface area contributed by atoms with Crippen LogP contribution in [0.15, 0.2) is 42.5 Å². The van der Waals surface area contributed by atoms with Crippen molar-refractivity contribution >= 4 is 50.7 Å². The number of unbranched alkanes of at least 4 members (excludes halogenated alkanes) is 1. The maximum absolute atomic E-state index is 13.7. The highest BCUT2D eigenvalue weighted by atomic mass is 35.5. The van der Waals surface area contributed by atoms with E-state index in [1.165, 1.54) is 4.90 Å². The minimum Gasteiger partial charge on any atom is -0.354 e. The summed E-state index contributed by atoms with van der Waals surface area (Å²) in [6, 6.07) is 11.1. The van der Waals surface area contributed by atoms with Gasteiger partial charge in [0.2, 0.25) is 21.8 Å². The van der Waals surface area contributed by atoms with Crippen LogP contribution in [0.3, 0.4) is 0 Å². The third-order valence-corrected chi connectivity index (χ3v) is 7.35. The molecule has 0 radical (unpaired) electrons. The van der Waals surface area contributed by atoms with Crippen LogP contribution in [0.25, 0.3) is 0 Å². The Morgan fingerprint density at radius 3 is 2.34 bits per heavy atom. The molecule has 192 valence electrons. The number of aryl methyl sites for hydroxylation is 1. The van der Waals surface area contributed by atoms with Crippen LogP contribution in [0.1, 0.15) is 44.2 Å². The predicted octanol–water partition coefficient (Wildman–Crippen LogP) is 4.79. The van der Waals surface area contributed by atoms with E-state index in [1.807, 2.05) is 13.8 Å². The molecule has 0 aliphatic rings. The van der Waals surface area contributed by atoms with Crippen LogP contribution in [0.2, 0.25) is 10.0 Å². The number of sulfonamides is 1. The molecule has 0 saturated heterocycles. The van der Waals surface area contributed by atoms with E-state index in [0.29, 0.717) is 39.8 Å². The Kier molecular flexibility index (Phi) is 10.9. The Labute approximate surface area is 218 Å². The van der Waals surface area contributed by atoms with Crippen molar-refractivity contribution in [2.45, 2.75) is 52.6 Å². The number of hydrogen-bond donors (Lipinski definition) is 1. The molecule has 10 heteroatoms. The molecule has 0 fully saturated rings. The van der Waals surface area contributed by atoms with E-state index < -0.39 is 28.5 Å². The highest BCUT2D eigenvalue weighted by Gasteiger charge is 2.32. The van der Waals surface area contributed by atoms with Gasteiger partial charge in [0.15, 0.2) is 0 Å². The first kappa shape index (κ1) is 28.9. The number of hydrogen-bond acceptors (Lipinski definition) is 4. The molecule has 2 rings (SSSR count). The SMILES string of the molecule is CCCCNC(=O)[C@H](CC)N(Cc1ccc(Cl)cc1Cl)C(=O)CN(c1ccccc1C)S(C)(=O)=O. The lowest BCUT2D eigenvalue weighted by molar-refractivity contribution is -0.140. The minimum absolute atomic E-state index is 0.0277. The summed E-state index contributed by atoms with van der Waals surface area (Å²) in [5.74, 6) is -0.802. The lowest BCUT2D eigenvalue weighted by Crippen LogP contribution is -2.52. The quantitative estimate of drug-likeness (QED) is 0.391. The van der Waals surface area contributed by atoms with Crippen molar-refractivity contribution in [2.75, 3.05) is 23.7 Å². The number of rotatable bonds is 12. The topological polar surface area (TPSA) is 86.8 Å². The Morgan fingerprint density at radius 2 is 1.77 bits per heavy atom. The third-order valence-electron chi connectivity index (χ3n) is 5.63. The van der Waals surface area contributed by atoms with Gasteiger partial charge in [-0.3, -0.25) is 13.9 Å². The summed E-state index contributed by atoms with van der Waals surface area (Å²) in [6.07, 6.45) is 3.13. The van der Waals surface area contributed by atoms with Crippen molar-refractivity contribution in [2.24, 2.45) is 0 Å². The molecule has 0 aliphatic carbocycles. The summed E-state index contributed by atoms with van der Waals surface area (Å²) in [6.45, 7) is 5.68. The smallest absolute Gasteiger partial charge is 0.244 e. The lowest BCUT2D eigenvalue weighted by atomic mass is 10.1. The van der Waals surface area contributed by atoms with Crippen LogP contribution < -0.4 is 9.62 Å². The first-order valence-corrected chi connectivity index (χ1v) is 14.1. The molecule has 7 nitrogen and oxygen atoms in total. The van der Waals surface area contributed by atoms with Crippen molar-refractivity contribution in [1.82, 2.24) is 10.2 Å². The van der Waals surface area contributed by atoms with Crippen LogP contribution in [0, 0.1) is 6.92 Å². The molecule has 2 aromatic rings. The normalized spacial score (nSPS) is 12.2. The van der Waals surface area contributed by atoms with Gasteiger partial charge in [-0.05, 0) is 49.1 Å². The first-order chi connectivity index (χ1) is 16.5. The number of halogens is 2. The van der Waals surface area contributed by atoms with Crippen LogP contribution in [-0.2, 0) is 26.2 Å². The molecule has 0 spiro atoms. The van der Waals surface area contributed by atoms with Crippen molar-refractivity contribution < 1.29 is 18.0 Å². The van der Waals surface area contributed by atoms with Gasteiger partial charge in [0.25, 0.3) is 0 Å². The van der Waals surface area contributed by atoms with Crippen LogP contribution in [0.5, 0.6) is 0 Å². The molecule has 0 heterocycles. The van der Waals surface area contributed by atoms with Gasteiger partial charge in [-0.15, -0.1) is 0 Å². The molecule has 1 atom stereocenters. The van der Waals surface area contributed by atoms with Gasteiger partial charge in [0, 0.05) is 23.1 Å². The highest BCUT2D eigenvalue weighted by molar-refractivity contribution is 7.92. The van der Waals surface area contributed by atoms with E-state index in [-0.39, 0.29) is 12.5 Å². The van der Waals surface area contributed by atoms with E-state index >= 15 is 0 Å². The van der Waals surface area contributed by atoms with Crippen molar-refractivity contribution in [3.63, 3.8) is 0 Å². The molecule has 0 saturated carbocycles. The number of carbonyl (C=O) groups excluding carboxylic acids is 2. The number of benzene rings is 2. The van der Waals surface area contributed by atoms with Crippen LogP contribution in [-0.4, -0.2) is 50.5 Å². The second-order valence-electron chi connectivity index (χ2n) is 8.38. The fourth-order valence-corrected chi connectivity index (χ4v) is 5.07. The second-order valence-corrected chi connectivity index (χ2v) is 11.1. The minimum atomic E-state index is -3.78. The molecule has 2 amide bonds. The van der Waals surface area contributed by atoms with Crippen molar-refractivity contribution in [1.29, 1.82) is 0 Å². The summed E-state index contributed by atoms with van der Waals surface area (Å²) in [5, 5.41) is 3.69. The fourth-order valence-electron chi connectivity index (χ4n) is 3.70. The zero-order chi connectivity index (χ0) is 26.2. The Hall–Kier alpha value is -2.29. The third kappa shape index (κ3) is 8.12. The first-order valence-electron chi connectivity index (χ1n) is 11.5.